The second kappa shape index (κ2) is 6.38. The number of carbonyl (C=O) groups excluding carboxylic acids is 1. The molecule has 1 aliphatic rings. The summed E-state index contributed by atoms with van der Waals surface area (Å²) < 4.78 is 0. The summed E-state index contributed by atoms with van der Waals surface area (Å²) in [6.07, 6.45) is 6.53. The molecule has 1 nitrogen and oxygen atoms in total. The average molecular weight is 265 g/mol. The van der Waals surface area contributed by atoms with E-state index in [1.54, 1.807) is 0 Å². The minimum atomic E-state index is 0.291. The normalized spacial score (nSPS) is 23.9. The van der Waals surface area contributed by atoms with E-state index in [-0.39, 0.29) is 0 Å². The summed E-state index contributed by atoms with van der Waals surface area (Å²) in [6.45, 7) is 2.21. The van der Waals surface area contributed by atoms with Crippen molar-refractivity contribution in [2.75, 3.05) is 0 Å². The Morgan fingerprint density at radius 1 is 1.22 bits per heavy atom. The van der Waals surface area contributed by atoms with E-state index in [4.69, 9.17) is 11.6 Å². The van der Waals surface area contributed by atoms with Crippen molar-refractivity contribution in [2.24, 2.45) is 11.8 Å². The first-order valence-corrected chi connectivity index (χ1v) is 7.35. The maximum Gasteiger partial charge on any atom is 0.140 e. The van der Waals surface area contributed by atoms with E-state index in [0.717, 1.165) is 23.4 Å². The van der Waals surface area contributed by atoms with Crippen LogP contribution in [0.15, 0.2) is 24.3 Å². The van der Waals surface area contributed by atoms with Crippen LogP contribution < -0.4 is 0 Å². The first-order valence-electron chi connectivity index (χ1n) is 6.98. The van der Waals surface area contributed by atoms with Gasteiger partial charge in [-0.15, -0.1) is 0 Å². The summed E-state index contributed by atoms with van der Waals surface area (Å²) in [5.74, 6) is 1.32. The van der Waals surface area contributed by atoms with Gasteiger partial charge in [-0.05, 0) is 36.5 Å². The molecular formula is C16H21ClO. The summed E-state index contributed by atoms with van der Waals surface area (Å²) in [4.78, 5) is 12.4. The number of ketones is 1. The fourth-order valence-electron chi connectivity index (χ4n) is 3.05. The molecular weight excluding hydrogens is 244 g/mol. The smallest absolute Gasteiger partial charge is 0.140 e. The predicted molar refractivity (Wildman–Crippen MR) is 75.9 cm³/mol. The second-order valence-corrected chi connectivity index (χ2v) is 5.77. The topological polar surface area (TPSA) is 17.1 Å². The fourth-order valence-corrected chi connectivity index (χ4v) is 3.18. The van der Waals surface area contributed by atoms with Crippen LogP contribution in [0.4, 0.5) is 0 Å². The number of hydrogen-bond acceptors (Lipinski definition) is 1. The molecule has 0 spiro atoms. The molecule has 0 aromatic heterocycles. The zero-order valence-corrected chi connectivity index (χ0v) is 11.7. The van der Waals surface area contributed by atoms with Gasteiger partial charge < -0.3 is 0 Å². The summed E-state index contributed by atoms with van der Waals surface area (Å²) >= 11 is 5.86. The van der Waals surface area contributed by atoms with Crippen LogP contribution in [0, 0.1) is 11.8 Å². The SMILES string of the molecule is CCC1CCCCC1C(=O)Cc1ccc(Cl)cc1. The quantitative estimate of drug-likeness (QED) is 0.772. The molecule has 2 unspecified atom stereocenters. The Morgan fingerprint density at radius 3 is 2.56 bits per heavy atom. The van der Waals surface area contributed by atoms with Crippen molar-refractivity contribution in [1.29, 1.82) is 0 Å². The Morgan fingerprint density at radius 2 is 1.89 bits per heavy atom. The van der Waals surface area contributed by atoms with Gasteiger partial charge in [0.1, 0.15) is 5.78 Å². The molecule has 1 aromatic rings. The Labute approximate surface area is 115 Å². The summed E-state index contributed by atoms with van der Waals surface area (Å²) in [5, 5.41) is 0.732. The molecule has 1 aromatic carbocycles. The first kappa shape index (κ1) is 13.6. The lowest BCUT2D eigenvalue weighted by Gasteiger charge is -2.29. The van der Waals surface area contributed by atoms with Gasteiger partial charge in [0, 0.05) is 17.4 Å². The van der Waals surface area contributed by atoms with E-state index in [9.17, 15) is 4.79 Å². The van der Waals surface area contributed by atoms with Crippen molar-refractivity contribution < 1.29 is 4.79 Å². The van der Waals surface area contributed by atoms with Gasteiger partial charge in [-0.25, -0.2) is 0 Å². The molecule has 0 amide bonds. The molecule has 0 heterocycles. The van der Waals surface area contributed by atoms with Gasteiger partial charge in [0.2, 0.25) is 0 Å². The molecule has 98 valence electrons. The van der Waals surface area contributed by atoms with E-state index >= 15 is 0 Å². The van der Waals surface area contributed by atoms with Crippen LogP contribution in [0.2, 0.25) is 5.02 Å². The number of carbonyl (C=O) groups is 1. The molecule has 1 aliphatic carbocycles. The number of hydrogen-bond donors (Lipinski definition) is 0. The predicted octanol–water partition coefficient (Wildman–Crippen LogP) is 4.67. The minimum absolute atomic E-state index is 0.291. The third-order valence-electron chi connectivity index (χ3n) is 4.14. The fraction of sp³-hybridized carbons (Fsp3) is 0.562. The van der Waals surface area contributed by atoms with Crippen molar-refractivity contribution >= 4 is 17.4 Å². The minimum Gasteiger partial charge on any atom is -0.299 e. The van der Waals surface area contributed by atoms with Gasteiger partial charge in [0.15, 0.2) is 0 Å². The van der Waals surface area contributed by atoms with E-state index < -0.39 is 0 Å². The Bertz CT molecular complexity index is 396. The van der Waals surface area contributed by atoms with Crippen molar-refractivity contribution in [3.05, 3.63) is 34.9 Å². The number of rotatable bonds is 4. The highest BCUT2D eigenvalue weighted by atomic mass is 35.5. The lowest BCUT2D eigenvalue weighted by Crippen LogP contribution is -2.28. The molecule has 18 heavy (non-hydrogen) atoms. The van der Waals surface area contributed by atoms with Gasteiger partial charge in [-0.1, -0.05) is 49.9 Å². The first-order chi connectivity index (χ1) is 8.70. The standard InChI is InChI=1S/C16H21ClO/c1-2-13-5-3-4-6-15(13)16(18)11-12-7-9-14(17)10-8-12/h7-10,13,15H,2-6,11H2,1H3. The van der Waals surface area contributed by atoms with E-state index in [0.29, 0.717) is 24.0 Å². The third-order valence-corrected chi connectivity index (χ3v) is 4.39. The number of halogens is 1. The second-order valence-electron chi connectivity index (χ2n) is 5.33. The number of benzene rings is 1. The molecule has 0 radical (unpaired) electrons. The Balaban J connectivity index is 2.00. The molecule has 0 N–H and O–H groups in total. The van der Waals surface area contributed by atoms with E-state index in [1.807, 2.05) is 24.3 Å². The van der Waals surface area contributed by atoms with Crippen molar-refractivity contribution in [3.63, 3.8) is 0 Å². The Kier molecular flexibility index (Phi) is 4.82. The van der Waals surface area contributed by atoms with Gasteiger partial charge in [0.25, 0.3) is 0 Å². The van der Waals surface area contributed by atoms with Gasteiger partial charge >= 0.3 is 0 Å². The van der Waals surface area contributed by atoms with Crippen LogP contribution in [0.5, 0.6) is 0 Å². The third kappa shape index (κ3) is 3.35. The molecule has 0 aliphatic heterocycles. The summed E-state index contributed by atoms with van der Waals surface area (Å²) in [7, 11) is 0. The highest BCUT2D eigenvalue weighted by Gasteiger charge is 2.29. The monoisotopic (exact) mass is 264 g/mol. The lowest BCUT2D eigenvalue weighted by atomic mass is 9.74. The van der Waals surface area contributed by atoms with Gasteiger partial charge in [0.05, 0.1) is 0 Å². The highest BCUT2D eigenvalue weighted by Crippen LogP contribution is 2.33. The van der Waals surface area contributed by atoms with Crippen LogP contribution in [-0.4, -0.2) is 5.78 Å². The molecule has 0 saturated heterocycles. The van der Waals surface area contributed by atoms with Crippen LogP contribution >= 0.6 is 11.6 Å². The maximum atomic E-state index is 12.4. The van der Waals surface area contributed by atoms with Crippen LogP contribution in [-0.2, 0) is 11.2 Å². The largest absolute Gasteiger partial charge is 0.299 e. The molecule has 1 fully saturated rings. The van der Waals surface area contributed by atoms with Crippen molar-refractivity contribution in [2.45, 2.75) is 45.4 Å². The van der Waals surface area contributed by atoms with Crippen LogP contribution in [0.1, 0.15) is 44.6 Å². The molecule has 2 atom stereocenters. The molecule has 0 bridgehead atoms. The van der Waals surface area contributed by atoms with Crippen LogP contribution in [0.3, 0.4) is 0 Å². The van der Waals surface area contributed by atoms with Gasteiger partial charge in [-0.2, -0.15) is 0 Å². The van der Waals surface area contributed by atoms with E-state index in [1.165, 1.54) is 19.3 Å². The maximum absolute atomic E-state index is 12.4. The highest BCUT2D eigenvalue weighted by molar-refractivity contribution is 6.30. The molecule has 2 rings (SSSR count). The van der Waals surface area contributed by atoms with E-state index in [2.05, 4.69) is 6.92 Å². The van der Waals surface area contributed by atoms with Crippen molar-refractivity contribution in [3.8, 4) is 0 Å². The Hall–Kier alpha value is -0.820. The summed E-state index contributed by atoms with van der Waals surface area (Å²) in [6, 6.07) is 7.65. The van der Waals surface area contributed by atoms with Crippen molar-refractivity contribution in [1.82, 2.24) is 0 Å². The summed E-state index contributed by atoms with van der Waals surface area (Å²) in [5.41, 5.74) is 1.09. The van der Waals surface area contributed by atoms with Gasteiger partial charge in [-0.3, -0.25) is 4.79 Å². The lowest BCUT2D eigenvalue weighted by molar-refractivity contribution is -0.125. The zero-order valence-electron chi connectivity index (χ0n) is 11.0. The average Bonchev–Trinajstić information content (AvgIpc) is 2.41. The van der Waals surface area contributed by atoms with Crippen LogP contribution in [0.25, 0.3) is 0 Å². The number of Topliss-reactive ketones (excluding diaryl/α,β-unsaturated/α-hetero) is 1. The zero-order chi connectivity index (χ0) is 13.0. The molecule has 2 heteroatoms. The molecule has 1 saturated carbocycles.